The molecule has 0 atom stereocenters. The maximum atomic E-state index is 13.4. The van der Waals surface area contributed by atoms with E-state index in [2.05, 4.69) is 11.1 Å². The van der Waals surface area contributed by atoms with E-state index in [1.807, 2.05) is 43.0 Å². The Kier molecular flexibility index (Phi) is 5.06. The molecule has 0 N–H and O–H groups in total. The molecule has 0 fully saturated rings. The molecule has 150 valence electrons. The maximum Gasteiger partial charge on any atom is 0.261 e. The van der Waals surface area contributed by atoms with Crippen LogP contribution in [0.5, 0.6) is 5.88 Å². The fraction of sp³-hybridized carbons (Fsp3) is 0.174. The third kappa shape index (κ3) is 3.34. The molecule has 0 saturated carbocycles. The second kappa shape index (κ2) is 7.69. The number of benzene rings is 2. The number of fused-ring (bicyclic) bond motifs is 1. The summed E-state index contributed by atoms with van der Waals surface area (Å²) in [5.41, 5.74) is 5.10. The molecule has 7 heteroatoms. The van der Waals surface area contributed by atoms with Gasteiger partial charge in [-0.2, -0.15) is 5.26 Å². The van der Waals surface area contributed by atoms with Gasteiger partial charge < -0.3 is 9.64 Å². The van der Waals surface area contributed by atoms with Crippen molar-refractivity contribution >= 4 is 34.6 Å². The number of anilines is 3. The van der Waals surface area contributed by atoms with Crippen LogP contribution in [-0.2, 0) is 0 Å². The summed E-state index contributed by atoms with van der Waals surface area (Å²) in [6.07, 6.45) is 0. The first-order valence-electron chi connectivity index (χ1n) is 9.34. The van der Waals surface area contributed by atoms with E-state index in [4.69, 9.17) is 16.3 Å². The van der Waals surface area contributed by atoms with E-state index in [1.54, 1.807) is 36.3 Å². The summed E-state index contributed by atoms with van der Waals surface area (Å²) in [6, 6.07) is 16.6. The number of aromatic nitrogens is 1. The van der Waals surface area contributed by atoms with Crippen molar-refractivity contribution in [2.45, 2.75) is 13.8 Å². The van der Waals surface area contributed by atoms with Crippen molar-refractivity contribution in [3.63, 3.8) is 0 Å². The highest BCUT2D eigenvalue weighted by Gasteiger charge is 2.32. The molecule has 0 bridgehead atoms. The molecule has 3 aromatic rings. The predicted octanol–water partition coefficient (Wildman–Crippen LogP) is 4.99. The highest BCUT2D eigenvalue weighted by Crippen LogP contribution is 2.39. The van der Waals surface area contributed by atoms with Gasteiger partial charge in [-0.3, -0.25) is 9.69 Å². The number of halogens is 1. The minimum Gasteiger partial charge on any atom is -0.481 e. The molecule has 1 aliphatic heterocycles. The summed E-state index contributed by atoms with van der Waals surface area (Å²) in [6.45, 7) is 4.09. The average Bonchev–Trinajstić information content (AvgIpc) is 2.74. The van der Waals surface area contributed by atoms with E-state index in [1.165, 1.54) is 0 Å². The lowest BCUT2D eigenvalue weighted by molar-refractivity contribution is 0.0983. The normalized spacial score (nSPS) is 13.1. The molecule has 0 spiro atoms. The number of hydrogen-bond donors (Lipinski definition) is 0. The first-order valence-corrected chi connectivity index (χ1v) is 9.72. The van der Waals surface area contributed by atoms with Gasteiger partial charge in [0, 0.05) is 16.8 Å². The van der Waals surface area contributed by atoms with Gasteiger partial charge in [0.25, 0.3) is 5.91 Å². The van der Waals surface area contributed by atoms with Gasteiger partial charge in [0.2, 0.25) is 5.88 Å². The number of rotatable bonds is 3. The quantitative estimate of drug-likeness (QED) is 0.599. The Balaban J connectivity index is 1.87. The van der Waals surface area contributed by atoms with E-state index in [9.17, 15) is 10.1 Å². The standard InChI is InChI=1S/C23H19ClN4O2/c1-14-10-16(12-25)4-6-19(14)27-13-28(20-8-9-22(30-3)26-15(20)2)23(29)18-11-17(24)5-7-21(18)27/h4-11H,13H2,1-3H3. The molecule has 1 aromatic heterocycles. The largest absolute Gasteiger partial charge is 0.481 e. The number of pyridine rings is 1. The number of methoxy groups -OCH3 is 1. The van der Waals surface area contributed by atoms with Crippen molar-refractivity contribution < 1.29 is 9.53 Å². The van der Waals surface area contributed by atoms with Crippen LogP contribution in [0.1, 0.15) is 27.2 Å². The number of carbonyl (C=O) groups excluding carboxylic acids is 1. The molecule has 30 heavy (non-hydrogen) atoms. The zero-order valence-corrected chi connectivity index (χ0v) is 17.6. The summed E-state index contributed by atoms with van der Waals surface area (Å²) in [5, 5.41) is 9.69. The fourth-order valence-corrected chi connectivity index (χ4v) is 3.86. The van der Waals surface area contributed by atoms with Crippen molar-refractivity contribution in [3.05, 3.63) is 75.9 Å². The third-order valence-corrected chi connectivity index (χ3v) is 5.39. The SMILES string of the molecule is COc1ccc(N2CN(c3ccc(C#N)cc3C)c3ccc(Cl)cc3C2=O)c(C)n1. The van der Waals surface area contributed by atoms with Crippen molar-refractivity contribution in [2.24, 2.45) is 0 Å². The predicted molar refractivity (Wildman–Crippen MR) is 117 cm³/mol. The lowest BCUT2D eigenvalue weighted by Crippen LogP contribution is -2.45. The third-order valence-electron chi connectivity index (χ3n) is 5.16. The maximum absolute atomic E-state index is 13.4. The summed E-state index contributed by atoms with van der Waals surface area (Å²) in [5.74, 6) is 0.342. The summed E-state index contributed by atoms with van der Waals surface area (Å²) < 4.78 is 5.20. The lowest BCUT2D eigenvalue weighted by atomic mass is 10.0. The van der Waals surface area contributed by atoms with E-state index in [0.29, 0.717) is 40.1 Å². The van der Waals surface area contributed by atoms with Crippen LogP contribution in [0.4, 0.5) is 17.1 Å². The van der Waals surface area contributed by atoms with E-state index in [0.717, 1.165) is 16.9 Å². The Morgan fingerprint density at radius 1 is 1.03 bits per heavy atom. The van der Waals surface area contributed by atoms with Crippen LogP contribution in [0.3, 0.4) is 0 Å². The van der Waals surface area contributed by atoms with Gasteiger partial charge in [0.1, 0.15) is 6.67 Å². The zero-order chi connectivity index (χ0) is 21.4. The minimum absolute atomic E-state index is 0.148. The van der Waals surface area contributed by atoms with Gasteiger partial charge >= 0.3 is 0 Å². The van der Waals surface area contributed by atoms with Crippen LogP contribution in [0, 0.1) is 25.2 Å². The van der Waals surface area contributed by atoms with Gasteiger partial charge in [-0.1, -0.05) is 11.6 Å². The molecule has 0 aliphatic carbocycles. The van der Waals surface area contributed by atoms with Crippen molar-refractivity contribution in [1.29, 1.82) is 5.26 Å². The molecule has 0 radical (unpaired) electrons. The van der Waals surface area contributed by atoms with Gasteiger partial charge in [0.15, 0.2) is 0 Å². The fourth-order valence-electron chi connectivity index (χ4n) is 3.69. The van der Waals surface area contributed by atoms with Gasteiger partial charge in [-0.15, -0.1) is 0 Å². The molecule has 0 unspecified atom stereocenters. The zero-order valence-electron chi connectivity index (χ0n) is 16.8. The van der Waals surface area contributed by atoms with Gasteiger partial charge in [0.05, 0.1) is 41.4 Å². The van der Waals surface area contributed by atoms with E-state index in [-0.39, 0.29) is 5.91 Å². The molecule has 1 aliphatic rings. The number of aryl methyl sites for hydroxylation is 2. The van der Waals surface area contributed by atoms with Crippen LogP contribution in [0.15, 0.2) is 48.5 Å². The number of nitrogens with zero attached hydrogens (tertiary/aromatic N) is 4. The average molecular weight is 419 g/mol. The number of amides is 1. The number of hydrogen-bond acceptors (Lipinski definition) is 5. The van der Waals surface area contributed by atoms with Crippen LogP contribution < -0.4 is 14.5 Å². The molecule has 2 heterocycles. The second-order valence-corrected chi connectivity index (χ2v) is 7.47. The Labute approximate surface area is 179 Å². The van der Waals surface area contributed by atoms with Crippen molar-refractivity contribution in [2.75, 3.05) is 23.6 Å². The minimum atomic E-state index is -0.148. The highest BCUT2D eigenvalue weighted by molar-refractivity contribution is 6.31. The highest BCUT2D eigenvalue weighted by atomic mass is 35.5. The molecule has 1 amide bonds. The summed E-state index contributed by atoms with van der Waals surface area (Å²) in [4.78, 5) is 21.5. The Bertz CT molecular complexity index is 1200. The number of nitriles is 1. The molecular weight excluding hydrogens is 400 g/mol. The first kappa shape index (κ1) is 19.7. The molecule has 6 nitrogen and oxygen atoms in total. The topological polar surface area (TPSA) is 69.5 Å². The van der Waals surface area contributed by atoms with Crippen LogP contribution in [0.2, 0.25) is 5.02 Å². The van der Waals surface area contributed by atoms with Crippen LogP contribution >= 0.6 is 11.6 Å². The Morgan fingerprint density at radius 3 is 2.43 bits per heavy atom. The second-order valence-electron chi connectivity index (χ2n) is 7.04. The summed E-state index contributed by atoms with van der Waals surface area (Å²) in [7, 11) is 1.56. The molecule has 2 aromatic carbocycles. The van der Waals surface area contributed by atoms with Crippen LogP contribution in [0.25, 0.3) is 0 Å². The molecule has 4 rings (SSSR count). The Hall–Kier alpha value is -3.56. The number of ether oxygens (including phenoxy) is 1. The monoisotopic (exact) mass is 418 g/mol. The van der Waals surface area contributed by atoms with Gasteiger partial charge in [-0.05, 0) is 61.9 Å². The molecule has 0 saturated heterocycles. The lowest BCUT2D eigenvalue weighted by Gasteiger charge is -2.39. The van der Waals surface area contributed by atoms with Gasteiger partial charge in [-0.25, -0.2) is 4.98 Å². The van der Waals surface area contributed by atoms with Crippen LogP contribution in [-0.4, -0.2) is 24.7 Å². The van der Waals surface area contributed by atoms with E-state index < -0.39 is 0 Å². The van der Waals surface area contributed by atoms with E-state index >= 15 is 0 Å². The molecular formula is C23H19ClN4O2. The smallest absolute Gasteiger partial charge is 0.261 e. The Morgan fingerprint density at radius 2 is 1.77 bits per heavy atom. The first-order chi connectivity index (χ1) is 14.4. The van der Waals surface area contributed by atoms with Crippen molar-refractivity contribution in [3.8, 4) is 11.9 Å². The van der Waals surface area contributed by atoms with Crippen molar-refractivity contribution in [1.82, 2.24) is 4.98 Å². The number of carbonyl (C=O) groups is 1. The summed E-state index contributed by atoms with van der Waals surface area (Å²) >= 11 is 6.22.